The molecule has 18 heavy (non-hydrogen) atoms. The molecule has 0 radical (unpaired) electrons. The van der Waals surface area contributed by atoms with E-state index in [-0.39, 0.29) is 36.8 Å². The summed E-state index contributed by atoms with van der Waals surface area (Å²) >= 11 is 0. The summed E-state index contributed by atoms with van der Waals surface area (Å²) in [5, 5.41) is 6.14. The first-order valence-corrected chi connectivity index (χ1v) is 5.73. The van der Waals surface area contributed by atoms with Crippen LogP contribution in [0.25, 0.3) is 0 Å². The van der Waals surface area contributed by atoms with Gasteiger partial charge in [0.05, 0.1) is 17.4 Å². The SMILES string of the molecule is Cc1ncccc1NC(=O)C1CCCCN1.Cl.Cl. The fourth-order valence-corrected chi connectivity index (χ4v) is 1.91. The number of anilines is 1. The smallest absolute Gasteiger partial charge is 0.241 e. The molecule has 2 N–H and O–H groups in total. The Morgan fingerprint density at radius 1 is 1.44 bits per heavy atom. The number of piperidine rings is 1. The number of halogens is 2. The van der Waals surface area contributed by atoms with Crippen LogP contribution >= 0.6 is 24.8 Å². The van der Waals surface area contributed by atoms with E-state index in [1.54, 1.807) is 6.20 Å². The quantitative estimate of drug-likeness (QED) is 0.879. The van der Waals surface area contributed by atoms with Crippen molar-refractivity contribution in [3.05, 3.63) is 24.0 Å². The van der Waals surface area contributed by atoms with E-state index in [9.17, 15) is 4.79 Å². The minimum atomic E-state index is -0.0478. The molecule has 6 heteroatoms. The first kappa shape index (κ1) is 17.2. The fourth-order valence-electron chi connectivity index (χ4n) is 1.91. The van der Waals surface area contributed by atoms with Gasteiger partial charge in [0.1, 0.15) is 0 Å². The Morgan fingerprint density at radius 3 is 2.83 bits per heavy atom. The lowest BCUT2D eigenvalue weighted by Crippen LogP contribution is -2.43. The van der Waals surface area contributed by atoms with Crippen LogP contribution < -0.4 is 10.6 Å². The van der Waals surface area contributed by atoms with Gasteiger partial charge >= 0.3 is 0 Å². The van der Waals surface area contributed by atoms with E-state index in [0.717, 1.165) is 37.2 Å². The zero-order chi connectivity index (χ0) is 11.4. The maximum absolute atomic E-state index is 11.9. The number of carbonyl (C=O) groups is 1. The molecular weight excluding hydrogens is 273 g/mol. The van der Waals surface area contributed by atoms with Crippen molar-refractivity contribution in [3.8, 4) is 0 Å². The van der Waals surface area contributed by atoms with Gasteiger partial charge in [0.2, 0.25) is 5.91 Å². The molecule has 0 saturated carbocycles. The van der Waals surface area contributed by atoms with Gasteiger partial charge in [0.15, 0.2) is 0 Å². The number of nitrogens with one attached hydrogen (secondary N) is 2. The lowest BCUT2D eigenvalue weighted by molar-refractivity contribution is -0.118. The zero-order valence-electron chi connectivity index (χ0n) is 10.3. The molecule has 1 unspecified atom stereocenters. The molecule has 2 heterocycles. The second-order valence-electron chi connectivity index (χ2n) is 4.13. The van der Waals surface area contributed by atoms with Crippen LogP contribution in [0.2, 0.25) is 0 Å². The average Bonchev–Trinajstić information content (AvgIpc) is 2.33. The van der Waals surface area contributed by atoms with Crippen LogP contribution in [0.1, 0.15) is 25.0 Å². The Morgan fingerprint density at radius 2 is 2.22 bits per heavy atom. The third-order valence-corrected chi connectivity index (χ3v) is 2.89. The number of pyridine rings is 1. The standard InChI is InChI=1S/C12H17N3O.2ClH/c1-9-10(6-4-8-13-9)15-12(16)11-5-2-3-7-14-11;;/h4,6,8,11,14H,2-3,5,7H2,1H3,(H,15,16);2*1H. The highest BCUT2D eigenvalue weighted by molar-refractivity contribution is 5.95. The van der Waals surface area contributed by atoms with Crippen LogP contribution in [-0.2, 0) is 4.79 Å². The molecular formula is C12H19Cl2N3O. The highest BCUT2D eigenvalue weighted by Gasteiger charge is 2.20. The van der Waals surface area contributed by atoms with E-state index in [2.05, 4.69) is 15.6 Å². The Hall–Kier alpha value is -0.840. The summed E-state index contributed by atoms with van der Waals surface area (Å²) in [4.78, 5) is 16.1. The van der Waals surface area contributed by atoms with Gasteiger partial charge in [0, 0.05) is 6.20 Å². The van der Waals surface area contributed by atoms with Crippen LogP contribution in [0.4, 0.5) is 5.69 Å². The zero-order valence-corrected chi connectivity index (χ0v) is 11.9. The Kier molecular flexibility index (Phi) is 7.91. The third-order valence-electron chi connectivity index (χ3n) is 2.89. The van der Waals surface area contributed by atoms with Gasteiger partial charge in [-0.3, -0.25) is 9.78 Å². The van der Waals surface area contributed by atoms with E-state index in [4.69, 9.17) is 0 Å². The summed E-state index contributed by atoms with van der Waals surface area (Å²) in [6.45, 7) is 2.83. The van der Waals surface area contributed by atoms with Crippen molar-refractivity contribution in [1.82, 2.24) is 10.3 Å². The minimum Gasteiger partial charge on any atom is -0.323 e. The molecule has 1 aliphatic heterocycles. The minimum absolute atomic E-state index is 0. The van der Waals surface area contributed by atoms with Gasteiger partial charge in [-0.2, -0.15) is 0 Å². The number of carbonyl (C=O) groups excluding carboxylic acids is 1. The fraction of sp³-hybridized carbons (Fsp3) is 0.500. The lowest BCUT2D eigenvalue weighted by Gasteiger charge is -2.22. The van der Waals surface area contributed by atoms with Gasteiger partial charge in [-0.1, -0.05) is 6.42 Å². The van der Waals surface area contributed by atoms with Crippen LogP contribution in [0.15, 0.2) is 18.3 Å². The monoisotopic (exact) mass is 291 g/mol. The van der Waals surface area contributed by atoms with Gasteiger partial charge < -0.3 is 10.6 Å². The van der Waals surface area contributed by atoms with Crippen molar-refractivity contribution in [1.29, 1.82) is 0 Å². The Bertz CT molecular complexity index is 381. The second kappa shape index (κ2) is 8.29. The van der Waals surface area contributed by atoms with E-state index in [1.165, 1.54) is 0 Å². The molecule has 1 saturated heterocycles. The van der Waals surface area contributed by atoms with Crippen LogP contribution in [0.5, 0.6) is 0 Å². The maximum atomic E-state index is 11.9. The van der Waals surface area contributed by atoms with Gasteiger partial charge in [-0.15, -0.1) is 24.8 Å². The largest absolute Gasteiger partial charge is 0.323 e. The molecule has 0 aromatic carbocycles. The van der Waals surface area contributed by atoms with Crippen molar-refractivity contribution >= 4 is 36.4 Å². The normalized spacial score (nSPS) is 18.2. The summed E-state index contributed by atoms with van der Waals surface area (Å²) in [5.74, 6) is 0.0517. The third kappa shape index (κ3) is 4.44. The van der Waals surface area contributed by atoms with Crippen LogP contribution in [0, 0.1) is 6.92 Å². The van der Waals surface area contributed by atoms with Crippen LogP contribution in [-0.4, -0.2) is 23.5 Å². The van der Waals surface area contributed by atoms with E-state index in [1.807, 2.05) is 19.1 Å². The lowest BCUT2D eigenvalue weighted by atomic mass is 10.0. The summed E-state index contributed by atoms with van der Waals surface area (Å²) in [6.07, 6.45) is 4.93. The first-order chi connectivity index (χ1) is 7.77. The van der Waals surface area contributed by atoms with Crippen molar-refractivity contribution in [2.75, 3.05) is 11.9 Å². The van der Waals surface area contributed by atoms with Crippen LogP contribution in [0.3, 0.4) is 0 Å². The predicted octanol–water partition coefficient (Wildman–Crippen LogP) is 2.31. The molecule has 4 nitrogen and oxygen atoms in total. The molecule has 0 bridgehead atoms. The molecule has 0 aliphatic carbocycles. The van der Waals surface area contributed by atoms with Crippen molar-refractivity contribution in [2.45, 2.75) is 32.2 Å². The average molecular weight is 292 g/mol. The molecule has 102 valence electrons. The highest BCUT2D eigenvalue weighted by atomic mass is 35.5. The maximum Gasteiger partial charge on any atom is 0.241 e. The number of aryl methyl sites for hydroxylation is 1. The number of hydrogen-bond acceptors (Lipinski definition) is 3. The van der Waals surface area contributed by atoms with Gasteiger partial charge in [0.25, 0.3) is 0 Å². The summed E-state index contributed by atoms with van der Waals surface area (Å²) < 4.78 is 0. The number of aromatic nitrogens is 1. The Labute approximate surface area is 120 Å². The van der Waals surface area contributed by atoms with E-state index in [0.29, 0.717) is 0 Å². The molecule has 1 amide bonds. The molecule has 1 aliphatic rings. The topological polar surface area (TPSA) is 54.0 Å². The number of rotatable bonds is 2. The molecule has 0 spiro atoms. The molecule has 2 rings (SSSR count). The highest BCUT2D eigenvalue weighted by Crippen LogP contribution is 2.13. The number of nitrogens with zero attached hydrogens (tertiary/aromatic N) is 1. The van der Waals surface area contributed by atoms with E-state index < -0.39 is 0 Å². The van der Waals surface area contributed by atoms with Crippen molar-refractivity contribution in [3.63, 3.8) is 0 Å². The van der Waals surface area contributed by atoms with Crippen molar-refractivity contribution < 1.29 is 4.79 Å². The molecule has 1 aromatic rings. The predicted molar refractivity (Wildman–Crippen MR) is 77.7 cm³/mol. The summed E-state index contributed by atoms with van der Waals surface area (Å²) in [7, 11) is 0. The molecule has 1 fully saturated rings. The van der Waals surface area contributed by atoms with Crippen molar-refractivity contribution in [2.24, 2.45) is 0 Å². The Balaban J connectivity index is 0.00000144. The number of hydrogen-bond donors (Lipinski definition) is 2. The van der Waals surface area contributed by atoms with Gasteiger partial charge in [-0.25, -0.2) is 0 Å². The molecule has 1 atom stereocenters. The van der Waals surface area contributed by atoms with E-state index >= 15 is 0 Å². The first-order valence-electron chi connectivity index (χ1n) is 5.73. The summed E-state index contributed by atoms with van der Waals surface area (Å²) in [5.41, 5.74) is 1.66. The number of amides is 1. The second-order valence-corrected chi connectivity index (χ2v) is 4.13. The van der Waals surface area contributed by atoms with Gasteiger partial charge in [-0.05, 0) is 38.4 Å². The summed E-state index contributed by atoms with van der Waals surface area (Å²) in [6, 6.07) is 3.66. The molecule has 1 aromatic heterocycles.